The summed E-state index contributed by atoms with van der Waals surface area (Å²) in [6, 6.07) is 25.8. The summed E-state index contributed by atoms with van der Waals surface area (Å²) in [6.45, 7) is 13.2. The molecule has 0 atom stereocenters. The molecule has 2 heterocycles. The van der Waals surface area contributed by atoms with E-state index < -0.39 is 11.6 Å². The summed E-state index contributed by atoms with van der Waals surface area (Å²) in [4.78, 5) is 9.52. The molecule has 0 amide bonds. The van der Waals surface area contributed by atoms with Crippen LogP contribution in [0.3, 0.4) is 0 Å². The molecule has 0 fully saturated rings. The van der Waals surface area contributed by atoms with E-state index in [1.807, 2.05) is 48.7 Å². The van der Waals surface area contributed by atoms with Crippen molar-refractivity contribution in [3.8, 4) is 33.8 Å². The number of pyridine rings is 2. The summed E-state index contributed by atoms with van der Waals surface area (Å²) in [5, 5.41) is 2.09. The first kappa shape index (κ1) is 30.0. The van der Waals surface area contributed by atoms with E-state index in [4.69, 9.17) is 4.98 Å². The van der Waals surface area contributed by atoms with Crippen LogP contribution >= 0.6 is 9.42 Å². The van der Waals surface area contributed by atoms with Crippen LogP contribution < -0.4 is 0 Å². The Hall–Kier alpha value is -2.94. The van der Waals surface area contributed by atoms with Crippen LogP contribution in [0.5, 0.6) is 0 Å². The van der Waals surface area contributed by atoms with Crippen molar-refractivity contribution in [3.05, 3.63) is 108 Å². The molecule has 0 bridgehead atoms. The van der Waals surface area contributed by atoms with E-state index in [2.05, 4.69) is 80.2 Å². The van der Waals surface area contributed by atoms with Crippen LogP contribution in [0.4, 0.5) is 8.78 Å². The molecule has 2 aromatic heterocycles. The normalized spacial score (nSPS) is 11.8. The van der Waals surface area contributed by atoms with E-state index in [1.54, 1.807) is 18.8 Å². The summed E-state index contributed by atoms with van der Waals surface area (Å²) >= 11 is 1.61. The molecule has 3 aromatic carbocycles. The third kappa shape index (κ3) is 6.67. The molecule has 40 heavy (non-hydrogen) atoms. The molecule has 208 valence electrons. The Morgan fingerprint density at radius 2 is 1.25 bits per heavy atom. The van der Waals surface area contributed by atoms with Gasteiger partial charge in [-0.05, 0) is 56.3 Å². The SMILES string of the molecule is CC(C)(C)c1cc(-c2cc(-c3[c-]c(F)c(F)cc3)nc(-c3cc4ccccc4cn3)c2)cc(C(C)(C)C)c1.[Cl][Pt+]. The molecule has 0 aliphatic carbocycles. The summed E-state index contributed by atoms with van der Waals surface area (Å²) in [7, 11) is 4.61. The van der Waals surface area contributed by atoms with Crippen molar-refractivity contribution in [2.75, 3.05) is 0 Å². The maximum absolute atomic E-state index is 14.2. The van der Waals surface area contributed by atoms with Gasteiger partial charge in [0.2, 0.25) is 0 Å². The molecule has 0 N–H and O–H groups in total. The van der Waals surface area contributed by atoms with Crippen molar-refractivity contribution in [1.29, 1.82) is 0 Å². The summed E-state index contributed by atoms with van der Waals surface area (Å²) in [5.74, 6) is -1.96. The molecule has 0 saturated carbocycles. The Morgan fingerprint density at radius 1 is 0.675 bits per heavy atom. The maximum atomic E-state index is 14.2. The Balaban J connectivity index is 0.00000181. The number of fused-ring (bicyclic) bond motifs is 1. The van der Waals surface area contributed by atoms with Crippen LogP contribution in [0.15, 0.2) is 79.0 Å². The molecule has 0 radical (unpaired) electrons. The molecular weight excluding hydrogens is 705 g/mol. The van der Waals surface area contributed by atoms with Crippen molar-refractivity contribution in [3.63, 3.8) is 0 Å². The first-order chi connectivity index (χ1) is 18.9. The van der Waals surface area contributed by atoms with Gasteiger partial charge in [-0.15, -0.1) is 23.8 Å². The van der Waals surface area contributed by atoms with Crippen LogP contribution in [-0.2, 0) is 29.6 Å². The van der Waals surface area contributed by atoms with E-state index in [0.29, 0.717) is 22.6 Å². The second-order valence-electron chi connectivity index (χ2n) is 11.9. The second kappa shape index (κ2) is 11.9. The van der Waals surface area contributed by atoms with Gasteiger partial charge in [0.1, 0.15) is 0 Å². The fraction of sp³-hybridized carbons (Fsp3) is 0.235. The van der Waals surface area contributed by atoms with Crippen molar-refractivity contribution < 1.29 is 27.6 Å². The number of rotatable bonds is 3. The molecule has 2 nitrogen and oxygen atoms in total. The number of nitrogens with zero attached hydrogens (tertiary/aromatic N) is 2. The number of benzene rings is 3. The predicted molar refractivity (Wildman–Crippen MR) is 158 cm³/mol. The fourth-order valence-corrected chi connectivity index (χ4v) is 4.45. The zero-order valence-electron chi connectivity index (χ0n) is 23.4. The Bertz CT molecular complexity index is 1640. The molecule has 0 spiro atoms. The first-order valence-electron chi connectivity index (χ1n) is 12.9. The Morgan fingerprint density at radius 3 is 1.85 bits per heavy atom. The van der Waals surface area contributed by atoms with Crippen molar-refractivity contribution in [2.24, 2.45) is 0 Å². The first-order valence-corrected chi connectivity index (χ1v) is 15.7. The Kier molecular flexibility index (Phi) is 8.92. The van der Waals surface area contributed by atoms with Gasteiger partial charge in [-0.1, -0.05) is 90.1 Å². The van der Waals surface area contributed by atoms with Gasteiger partial charge >= 0.3 is 28.2 Å². The molecule has 0 aliphatic rings. The Labute approximate surface area is 250 Å². The van der Waals surface area contributed by atoms with Gasteiger partial charge in [0.05, 0.1) is 23.0 Å². The molecule has 5 aromatic rings. The average molecular weight is 736 g/mol. The van der Waals surface area contributed by atoms with Crippen LogP contribution in [0.1, 0.15) is 52.7 Å². The van der Waals surface area contributed by atoms with Crippen LogP contribution in [-0.4, -0.2) is 9.97 Å². The summed E-state index contributed by atoms with van der Waals surface area (Å²) in [6.07, 6.45) is 1.83. The topological polar surface area (TPSA) is 25.8 Å². The van der Waals surface area contributed by atoms with Gasteiger partial charge in [-0.2, -0.15) is 0 Å². The van der Waals surface area contributed by atoms with Gasteiger partial charge in [0, 0.05) is 11.6 Å². The zero-order chi connectivity index (χ0) is 29.2. The molecule has 6 heteroatoms. The molecule has 0 unspecified atom stereocenters. The number of hydrogen-bond acceptors (Lipinski definition) is 2. The molecule has 0 aliphatic heterocycles. The molecular formula is C34H31ClF2N2Pt. The summed E-state index contributed by atoms with van der Waals surface area (Å²) < 4.78 is 27.9. The van der Waals surface area contributed by atoms with E-state index in [1.165, 1.54) is 17.2 Å². The third-order valence-corrected chi connectivity index (χ3v) is 6.84. The van der Waals surface area contributed by atoms with Gasteiger partial charge in [0.25, 0.3) is 0 Å². The average Bonchev–Trinajstić information content (AvgIpc) is 2.94. The number of halogens is 3. The van der Waals surface area contributed by atoms with E-state index in [0.717, 1.165) is 28.0 Å². The van der Waals surface area contributed by atoms with Gasteiger partial charge in [-0.25, -0.2) is 4.39 Å². The van der Waals surface area contributed by atoms with Crippen LogP contribution in [0.2, 0.25) is 0 Å². The third-order valence-electron chi connectivity index (χ3n) is 6.84. The zero-order valence-corrected chi connectivity index (χ0v) is 26.4. The quantitative estimate of drug-likeness (QED) is 0.173. The fourth-order valence-electron chi connectivity index (χ4n) is 4.45. The standard InChI is InChI=1S/C34H31F2N2.ClH.Pt/c1-33(2,3)26-13-24(14-27(19-26)34(4,5)6)25-17-30(22-11-12-28(35)29(36)15-22)38-32(18-25)31-16-21-9-7-8-10-23(21)20-37-31;;/h7-14,16-20H,1-6H3;1H;/q-1;;+2/p-1. The minimum absolute atomic E-state index is 0.0531. The predicted octanol–water partition coefficient (Wildman–Crippen LogP) is 9.99. The van der Waals surface area contributed by atoms with Gasteiger partial charge < -0.3 is 0 Å². The van der Waals surface area contributed by atoms with Crippen LogP contribution in [0, 0.1) is 17.7 Å². The molecule has 5 rings (SSSR count). The van der Waals surface area contributed by atoms with E-state index in [-0.39, 0.29) is 10.8 Å². The number of hydrogen-bond donors (Lipinski definition) is 0. The van der Waals surface area contributed by atoms with Crippen molar-refractivity contribution in [2.45, 2.75) is 52.4 Å². The van der Waals surface area contributed by atoms with E-state index in [9.17, 15) is 8.78 Å². The van der Waals surface area contributed by atoms with Crippen molar-refractivity contribution in [1.82, 2.24) is 9.97 Å². The number of aromatic nitrogens is 2. The van der Waals surface area contributed by atoms with Crippen LogP contribution in [0.25, 0.3) is 44.5 Å². The second-order valence-corrected chi connectivity index (χ2v) is 11.9. The minimum atomic E-state index is -1.02. The van der Waals surface area contributed by atoms with Gasteiger partial charge in [0.15, 0.2) is 0 Å². The van der Waals surface area contributed by atoms with E-state index >= 15 is 0 Å². The monoisotopic (exact) mass is 735 g/mol. The summed E-state index contributed by atoms with van der Waals surface area (Å²) in [5.41, 5.74) is 6.56. The van der Waals surface area contributed by atoms with Crippen molar-refractivity contribution >= 4 is 20.2 Å². The van der Waals surface area contributed by atoms with Gasteiger partial charge in [-0.3, -0.25) is 14.4 Å². The molecule has 0 saturated heterocycles.